The van der Waals surface area contributed by atoms with Gasteiger partial charge in [0.1, 0.15) is 10.8 Å². The number of rotatable bonds is 6. The van der Waals surface area contributed by atoms with Crippen molar-refractivity contribution >= 4 is 23.0 Å². The molecule has 0 amide bonds. The van der Waals surface area contributed by atoms with E-state index in [0.29, 0.717) is 18.2 Å². The molecule has 0 bridgehead atoms. The van der Waals surface area contributed by atoms with Crippen LogP contribution in [0.1, 0.15) is 31.9 Å². The van der Waals surface area contributed by atoms with Crippen LogP contribution in [0.2, 0.25) is 5.02 Å². The monoisotopic (exact) mass is 389 g/mol. The molecule has 0 saturated carbocycles. The van der Waals surface area contributed by atoms with Crippen LogP contribution in [0.3, 0.4) is 0 Å². The summed E-state index contributed by atoms with van der Waals surface area (Å²) in [5.41, 5.74) is 1.94. The fraction of sp³-hybridized carbons (Fsp3) is 0.333. The maximum Gasteiger partial charge on any atom is 0.137 e. The van der Waals surface area contributed by atoms with Crippen molar-refractivity contribution in [2.24, 2.45) is 0 Å². The SMILES string of the molecule is CC(C)(C)[S@+]([O-])N[C@H](C#Cc1ccc(Cl)cc1)COCc1ccccc1. The Morgan fingerprint density at radius 3 is 2.38 bits per heavy atom. The summed E-state index contributed by atoms with van der Waals surface area (Å²) in [6.45, 7) is 6.60. The van der Waals surface area contributed by atoms with Crippen LogP contribution < -0.4 is 4.72 Å². The Labute approximate surface area is 164 Å². The molecule has 0 fully saturated rings. The molecule has 0 aliphatic carbocycles. The Morgan fingerprint density at radius 1 is 1.12 bits per heavy atom. The molecular formula is C21H24ClNO2S. The summed E-state index contributed by atoms with van der Waals surface area (Å²) >= 11 is 4.67. The third-order valence-corrected chi connectivity index (χ3v) is 5.30. The summed E-state index contributed by atoms with van der Waals surface area (Å²) in [7, 11) is 0. The quantitative estimate of drug-likeness (QED) is 0.590. The van der Waals surface area contributed by atoms with E-state index in [1.165, 1.54) is 0 Å². The molecule has 3 nitrogen and oxygen atoms in total. The lowest BCUT2D eigenvalue weighted by molar-refractivity contribution is 0.115. The van der Waals surface area contributed by atoms with Gasteiger partial charge >= 0.3 is 0 Å². The van der Waals surface area contributed by atoms with Crippen LogP contribution in [0.15, 0.2) is 54.6 Å². The first-order valence-electron chi connectivity index (χ1n) is 8.41. The molecule has 26 heavy (non-hydrogen) atoms. The maximum atomic E-state index is 12.4. The van der Waals surface area contributed by atoms with Crippen molar-refractivity contribution in [1.29, 1.82) is 0 Å². The van der Waals surface area contributed by atoms with Gasteiger partial charge in [0.25, 0.3) is 0 Å². The van der Waals surface area contributed by atoms with Crippen molar-refractivity contribution in [3.05, 3.63) is 70.7 Å². The van der Waals surface area contributed by atoms with E-state index in [1.807, 2.05) is 63.2 Å². The maximum absolute atomic E-state index is 12.4. The summed E-state index contributed by atoms with van der Waals surface area (Å²) in [6, 6.07) is 16.9. The summed E-state index contributed by atoms with van der Waals surface area (Å²) in [5, 5.41) is 0.672. The molecule has 0 radical (unpaired) electrons. The molecule has 2 atom stereocenters. The summed E-state index contributed by atoms with van der Waals surface area (Å²) < 4.78 is 20.9. The number of halogens is 1. The third-order valence-electron chi connectivity index (χ3n) is 3.44. The molecule has 0 spiro atoms. The van der Waals surface area contributed by atoms with Gasteiger partial charge in [0.2, 0.25) is 0 Å². The molecule has 1 N–H and O–H groups in total. The zero-order valence-corrected chi connectivity index (χ0v) is 16.9. The van der Waals surface area contributed by atoms with Crippen LogP contribution in [0.4, 0.5) is 0 Å². The highest BCUT2D eigenvalue weighted by Gasteiger charge is 2.28. The highest BCUT2D eigenvalue weighted by atomic mass is 35.5. The van der Waals surface area contributed by atoms with Crippen LogP contribution in [0.5, 0.6) is 0 Å². The van der Waals surface area contributed by atoms with Gasteiger partial charge in [-0.25, -0.2) is 0 Å². The van der Waals surface area contributed by atoms with E-state index >= 15 is 0 Å². The van der Waals surface area contributed by atoms with Gasteiger partial charge in [-0.3, -0.25) is 0 Å². The summed E-state index contributed by atoms with van der Waals surface area (Å²) in [6.07, 6.45) is 0. The largest absolute Gasteiger partial charge is 0.598 e. The second kappa shape index (κ2) is 10.0. The van der Waals surface area contributed by atoms with E-state index < -0.39 is 11.4 Å². The van der Waals surface area contributed by atoms with Gasteiger partial charge in [-0.05, 0) is 50.6 Å². The molecule has 2 aromatic rings. The molecule has 2 rings (SSSR count). The van der Waals surface area contributed by atoms with Gasteiger partial charge in [-0.1, -0.05) is 53.8 Å². The Hall–Kier alpha value is -1.48. The lowest BCUT2D eigenvalue weighted by atomic mass is 10.2. The van der Waals surface area contributed by atoms with E-state index in [1.54, 1.807) is 12.1 Å². The lowest BCUT2D eigenvalue weighted by Gasteiger charge is -2.26. The van der Waals surface area contributed by atoms with E-state index in [0.717, 1.165) is 11.1 Å². The van der Waals surface area contributed by atoms with Crippen LogP contribution in [-0.4, -0.2) is 21.9 Å². The molecule has 0 heterocycles. The summed E-state index contributed by atoms with van der Waals surface area (Å²) in [5.74, 6) is 6.21. The molecule has 0 aromatic heterocycles. The van der Waals surface area contributed by atoms with Gasteiger partial charge in [0.15, 0.2) is 0 Å². The normalized spacial score (nSPS) is 13.6. The molecule has 138 valence electrons. The van der Waals surface area contributed by atoms with Crippen molar-refractivity contribution in [3.8, 4) is 11.8 Å². The van der Waals surface area contributed by atoms with E-state index in [-0.39, 0.29) is 10.8 Å². The Balaban J connectivity index is 2.02. The van der Waals surface area contributed by atoms with Crippen LogP contribution in [0, 0.1) is 11.8 Å². The van der Waals surface area contributed by atoms with Crippen LogP contribution >= 0.6 is 11.6 Å². The zero-order chi connectivity index (χ0) is 19.0. The van der Waals surface area contributed by atoms with Gasteiger partial charge in [-0.2, -0.15) is 0 Å². The average Bonchev–Trinajstić information content (AvgIpc) is 2.61. The smallest absolute Gasteiger partial charge is 0.137 e. The Kier molecular flexibility index (Phi) is 8.02. The van der Waals surface area contributed by atoms with Crippen molar-refractivity contribution < 1.29 is 9.29 Å². The van der Waals surface area contributed by atoms with E-state index in [2.05, 4.69) is 16.6 Å². The fourth-order valence-electron chi connectivity index (χ4n) is 1.98. The minimum Gasteiger partial charge on any atom is -0.598 e. The van der Waals surface area contributed by atoms with Gasteiger partial charge in [0, 0.05) is 21.9 Å². The minimum atomic E-state index is -1.23. The second-order valence-electron chi connectivity index (χ2n) is 6.83. The van der Waals surface area contributed by atoms with Crippen molar-refractivity contribution in [3.63, 3.8) is 0 Å². The Bertz CT molecular complexity index is 733. The van der Waals surface area contributed by atoms with Crippen LogP contribution in [0.25, 0.3) is 0 Å². The predicted molar refractivity (Wildman–Crippen MR) is 109 cm³/mol. The number of hydrogen-bond donors (Lipinski definition) is 1. The first-order valence-corrected chi connectivity index (χ1v) is 9.94. The number of benzene rings is 2. The minimum absolute atomic E-state index is 0.338. The molecular weight excluding hydrogens is 366 g/mol. The molecule has 0 aliphatic heterocycles. The lowest BCUT2D eigenvalue weighted by Crippen LogP contribution is -2.45. The first-order chi connectivity index (χ1) is 12.3. The molecule has 0 unspecified atom stereocenters. The number of hydrogen-bond acceptors (Lipinski definition) is 3. The van der Waals surface area contributed by atoms with E-state index in [4.69, 9.17) is 16.3 Å². The predicted octanol–water partition coefficient (Wildman–Crippen LogP) is 4.33. The van der Waals surface area contributed by atoms with Crippen molar-refractivity contribution in [2.75, 3.05) is 6.61 Å². The summed E-state index contributed by atoms with van der Waals surface area (Å²) in [4.78, 5) is 0. The second-order valence-corrected chi connectivity index (χ2v) is 9.26. The average molecular weight is 390 g/mol. The molecule has 0 aliphatic rings. The van der Waals surface area contributed by atoms with Gasteiger partial charge in [0.05, 0.1) is 13.2 Å². The standard InChI is InChI=1S/C21H24ClNO2S/c1-21(2,3)26(24)23-20(14-11-17-9-12-19(22)13-10-17)16-25-15-18-7-5-4-6-8-18/h4-10,12-13,20,23H,15-16H2,1-3H3/t20-,26+/m1/s1. The van der Waals surface area contributed by atoms with Gasteiger partial charge < -0.3 is 9.29 Å². The van der Waals surface area contributed by atoms with Crippen LogP contribution in [-0.2, 0) is 22.7 Å². The molecule has 5 heteroatoms. The molecule has 2 aromatic carbocycles. The molecule has 0 saturated heterocycles. The van der Waals surface area contributed by atoms with Gasteiger partial charge in [-0.15, -0.1) is 4.72 Å². The van der Waals surface area contributed by atoms with Crippen molar-refractivity contribution in [2.45, 2.75) is 38.2 Å². The third kappa shape index (κ3) is 7.41. The zero-order valence-electron chi connectivity index (χ0n) is 15.3. The highest BCUT2D eigenvalue weighted by Crippen LogP contribution is 2.14. The number of ether oxygens (including phenoxy) is 1. The topological polar surface area (TPSA) is 44.3 Å². The highest BCUT2D eigenvalue weighted by molar-refractivity contribution is 7.90. The Morgan fingerprint density at radius 2 is 1.77 bits per heavy atom. The fourth-order valence-corrected chi connectivity index (χ4v) is 2.85. The van der Waals surface area contributed by atoms with Crippen molar-refractivity contribution in [1.82, 2.24) is 4.72 Å². The first kappa shape index (κ1) is 20.8. The van der Waals surface area contributed by atoms with E-state index in [9.17, 15) is 4.55 Å². The number of nitrogens with one attached hydrogen (secondary N) is 1.